The number of carbonyl (C=O) groups excluding carboxylic acids is 3. The lowest BCUT2D eigenvalue weighted by Gasteiger charge is -2.35. The van der Waals surface area contributed by atoms with Gasteiger partial charge in [0.1, 0.15) is 17.2 Å². The molecule has 0 radical (unpaired) electrons. The molecule has 4 aromatic heterocycles. The molecular weight excluding hydrogens is 1400 g/mol. The zero-order valence-corrected chi connectivity index (χ0v) is 65.5. The van der Waals surface area contributed by atoms with Gasteiger partial charge in [-0.3, -0.25) is 14.4 Å². The Morgan fingerprint density at radius 2 is 0.935 bits per heavy atom. The zero-order chi connectivity index (χ0) is 76.7. The van der Waals surface area contributed by atoms with Crippen molar-refractivity contribution in [2.45, 2.75) is 219 Å². The number of sulfonamides is 2. The van der Waals surface area contributed by atoms with Gasteiger partial charge in [0.2, 0.25) is 20.0 Å². The number of morpholine rings is 2. The van der Waals surface area contributed by atoms with Crippen molar-refractivity contribution < 1.29 is 60.1 Å². The van der Waals surface area contributed by atoms with E-state index in [1.54, 1.807) is 55.8 Å². The third-order valence-corrected chi connectivity index (χ3v) is 24.7. The highest BCUT2D eigenvalue weighted by molar-refractivity contribution is 7.90. The van der Waals surface area contributed by atoms with Crippen molar-refractivity contribution in [3.8, 4) is 34.0 Å². The predicted octanol–water partition coefficient (Wildman–Crippen LogP) is 13.4. The number of nitrogens with zero attached hydrogens (tertiary/aromatic N) is 9. The third-order valence-electron chi connectivity index (χ3n) is 21.2. The predicted molar refractivity (Wildman–Crippen MR) is 415 cm³/mol. The molecule has 2 saturated carbocycles. The summed E-state index contributed by atoms with van der Waals surface area (Å²) in [5.74, 6) is -0.801. The molecule has 107 heavy (non-hydrogen) atoms. The van der Waals surface area contributed by atoms with E-state index in [0.717, 1.165) is 125 Å². The molecule has 4 atom stereocenters. The molecule has 4 fully saturated rings. The smallest absolute Gasteiger partial charge is 0.358 e. The summed E-state index contributed by atoms with van der Waals surface area (Å²) < 4.78 is 85.7. The second kappa shape index (κ2) is 32.0. The minimum atomic E-state index is -3.85. The van der Waals surface area contributed by atoms with Crippen LogP contribution in [0.1, 0.15) is 247 Å². The minimum Gasteiger partial charge on any atom is -0.497 e. The molecule has 6 aliphatic rings. The fraction of sp³-hybridized carbons (Fsp3) is 0.500. The Labute approximate surface area is 626 Å². The van der Waals surface area contributed by atoms with Crippen LogP contribution < -0.4 is 24.2 Å². The summed E-state index contributed by atoms with van der Waals surface area (Å²) in [6.07, 6.45) is 15.7. The van der Waals surface area contributed by atoms with E-state index in [4.69, 9.17) is 18.9 Å². The molecule has 0 spiro atoms. The zero-order valence-electron chi connectivity index (χ0n) is 63.9. The number of allylic oxidation sites excluding steroid dienone is 2. The number of ether oxygens (including phenoxy) is 4. The number of hydrogen-bond donors (Lipinski definition) is 4. The van der Waals surface area contributed by atoms with E-state index >= 15 is 0 Å². The number of carboxylic acid groups (broad SMARTS) is 1. The van der Waals surface area contributed by atoms with Gasteiger partial charge in [-0.25, -0.2) is 40.4 Å². The van der Waals surface area contributed by atoms with Crippen LogP contribution in [0.25, 0.3) is 67.6 Å². The number of hydrogen-bond acceptors (Lipinski definition) is 17. The van der Waals surface area contributed by atoms with Crippen molar-refractivity contribution in [1.29, 1.82) is 0 Å². The molecule has 2 saturated heterocycles. The number of aromatic carboxylic acids is 1. The number of rotatable bonds is 16. The fourth-order valence-electron chi connectivity index (χ4n) is 15.9. The third kappa shape index (κ3) is 16.1. The molecule has 4 aromatic carbocycles. The van der Waals surface area contributed by atoms with Crippen LogP contribution in [0.4, 0.5) is 0 Å². The van der Waals surface area contributed by atoms with Gasteiger partial charge in [-0.1, -0.05) is 61.1 Å². The fourth-order valence-corrected chi connectivity index (χ4v) is 17.2. The summed E-state index contributed by atoms with van der Waals surface area (Å²) in [5.41, 5.74) is 13.0. The van der Waals surface area contributed by atoms with Gasteiger partial charge in [-0.05, 0) is 216 Å². The Morgan fingerprint density at radius 1 is 0.533 bits per heavy atom. The van der Waals surface area contributed by atoms with Crippen LogP contribution in [-0.4, -0.2) is 165 Å². The van der Waals surface area contributed by atoms with Crippen LogP contribution in [0.2, 0.25) is 0 Å². The van der Waals surface area contributed by atoms with E-state index in [1.807, 2.05) is 101 Å². The summed E-state index contributed by atoms with van der Waals surface area (Å²) in [5, 5.41) is 31.2. The van der Waals surface area contributed by atoms with Crippen molar-refractivity contribution in [1.82, 2.24) is 58.8 Å². The lowest BCUT2D eigenvalue weighted by Crippen LogP contribution is -2.48. The average Bonchev–Trinajstić information content (AvgIpc) is 1.59. The monoisotopic (exact) mass is 1500 g/mol. The largest absolute Gasteiger partial charge is 0.497 e. The van der Waals surface area contributed by atoms with E-state index in [9.17, 15) is 41.1 Å². The van der Waals surface area contributed by atoms with Crippen molar-refractivity contribution in [2.24, 2.45) is 0 Å². The number of fused-ring (bicyclic) bond motifs is 10. The summed E-state index contributed by atoms with van der Waals surface area (Å²) in [6.45, 7) is 25.6. The number of carbonyl (C=O) groups is 4. The highest BCUT2D eigenvalue weighted by atomic mass is 32.2. The van der Waals surface area contributed by atoms with Crippen LogP contribution >= 0.6 is 0 Å². The first kappa shape index (κ1) is 77.6. The number of carboxylic acids is 1. The lowest BCUT2D eigenvalue weighted by atomic mass is 9.81. The topological polar surface area (TPSA) is 304 Å². The molecule has 0 unspecified atom stereocenters. The van der Waals surface area contributed by atoms with E-state index in [1.165, 1.54) is 37.8 Å². The molecule has 25 nitrogen and oxygen atoms in total. The number of amides is 3. The van der Waals surface area contributed by atoms with Gasteiger partial charge in [0.05, 0.1) is 79.3 Å². The summed E-state index contributed by atoms with van der Waals surface area (Å²) >= 11 is 0. The van der Waals surface area contributed by atoms with Gasteiger partial charge < -0.3 is 43.4 Å². The number of aromatic nitrogens is 8. The summed E-state index contributed by atoms with van der Waals surface area (Å²) in [7, 11) is -4.43. The van der Waals surface area contributed by atoms with Crippen molar-refractivity contribution in [2.75, 3.05) is 40.4 Å². The van der Waals surface area contributed by atoms with Crippen molar-refractivity contribution in [3.05, 3.63) is 129 Å². The molecule has 14 rings (SSSR count). The van der Waals surface area contributed by atoms with Crippen molar-refractivity contribution in [3.63, 3.8) is 0 Å². The van der Waals surface area contributed by atoms with Gasteiger partial charge in [-0.2, -0.15) is 0 Å². The van der Waals surface area contributed by atoms with Crippen LogP contribution in [-0.2, 0) is 42.6 Å². The van der Waals surface area contributed by atoms with Gasteiger partial charge in [0.25, 0.3) is 17.7 Å². The molecule has 2 aliphatic carbocycles. The molecule has 4 aliphatic heterocycles. The van der Waals surface area contributed by atoms with E-state index in [0.29, 0.717) is 66.2 Å². The second-order valence-electron chi connectivity index (χ2n) is 30.5. The first-order valence-corrected chi connectivity index (χ1v) is 40.7. The van der Waals surface area contributed by atoms with Gasteiger partial charge >= 0.3 is 5.97 Å². The maximum atomic E-state index is 14.4. The number of methoxy groups -OCH3 is 2. The first-order chi connectivity index (χ1) is 51.0. The summed E-state index contributed by atoms with van der Waals surface area (Å²) in [4.78, 5) is 55.4. The normalized spacial score (nSPS) is 19.3. The summed E-state index contributed by atoms with van der Waals surface area (Å²) in [6, 6.07) is 22.6. The molecule has 572 valence electrons. The Bertz CT molecular complexity index is 4990. The highest BCUT2D eigenvalue weighted by Crippen LogP contribution is 2.51. The highest BCUT2D eigenvalue weighted by Gasteiger charge is 2.38. The molecule has 27 heteroatoms. The van der Waals surface area contributed by atoms with Crippen LogP contribution in [0.5, 0.6) is 11.5 Å². The quantitative estimate of drug-likeness (QED) is 0.0698. The van der Waals surface area contributed by atoms with Gasteiger partial charge in [-0.15, -0.1) is 10.2 Å². The molecule has 4 N–H and O–H groups in total. The van der Waals surface area contributed by atoms with Gasteiger partial charge in [0.15, 0.2) is 11.4 Å². The number of nitrogens with one attached hydrogen (secondary N) is 3. The van der Waals surface area contributed by atoms with Crippen LogP contribution in [0.3, 0.4) is 0 Å². The molecule has 0 bridgehead atoms. The van der Waals surface area contributed by atoms with Crippen LogP contribution in [0, 0.1) is 0 Å². The Hall–Kier alpha value is -9.02. The lowest BCUT2D eigenvalue weighted by molar-refractivity contribution is -0.0587. The average molecular weight is 1500 g/mol. The minimum absolute atomic E-state index is 0.104. The van der Waals surface area contributed by atoms with Crippen LogP contribution in [0.15, 0.2) is 72.8 Å². The SMILES string of the molecule is COc1ccc2c(c1)C=C(c1c(C(=O)N3C[C@@H](C)O[C@@H](C)C3)nnn1C(C)C)Cn1c-2c(C2CCCCC2)c2ccc(C(=O)NS(=O)(=O)C(C)C)cc21.COc1ccc2c(c1)C=C(c1c(C(=O)O)nnn1C(C)C)Cn1c-2c(C2CCCCC2)c2ccc(C(=O)NS(=O)(=O)C(C)C)cc21.C[C@@H]1CNC[C@H](C)O1. The van der Waals surface area contributed by atoms with Crippen molar-refractivity contribution >= 4 is 88.8 Å². The van der Waals surface area contributed by atoms with Gasteiger partial charge in [0, 0.05) is 93.5 Å². The first-order valence-electron chi connectivity index (χ1n) is 37.6. The van der Waals surface area contributed by atoms with E-state index < -0.39 is 48.3 Å². The Kier molecular flexibility index (Phi) is 23.2. The molecular formula is C80H102N12O13S2. The molecule has 3 amide bonds. The Balaban J connectivity index is 0.000000182. The standard InChI is InChI=1S/C40H50N6O6S.C34H39N5O6S.C6H13NO/c1-23(2)46-37(36(41-43-46)40(48)44-20-25(5)52-26(6)21-44)30-17-29-18-31(51-7)14-16-32(29)38-35(27-11-9-8-10-12-27)33-15-13-28(19-34(33)45(38)22-30)39(47)42-53(49,50)24(3)4;1-19(2)39-31(30(34(41)42)35-37-39)24-15-23-16-25(45-5)12-14-26(23)32-29(21-9-7-6-8-10-21)27-13-11-22(17-28(27)38(32)18-24)33(40)36-46(43,44)20(3)4;1-5-3-7-4-6(2)8-5/h13-19,23-27H,8-12,20-22H2,1-7H3,(H,42,47);11-17,19-21H,6-10,18H2,1-5H3,(H,36,40)(H,41,42);5-7H,3-4H2,1-2H3/t25-,26+;;5-,6+. The maximum absolute atomic E-state index is 14.4. The van der Waals surface area contributed by atoms with E-state index in [-0.39, 0.29) is 65.2 Å². The number of benzene rings is 4. The Morgan fingerprint density at radius 3 is 1.31 bits per heavy atom. The van der Waals surface area contributed by atoms with E-state index in [2.05, 4.69) is 70.5 Å². The molecule has 8 aromatic rings. The maximum Gasteiger partial charge on any atom is 0.358 e. The second-order valence-corrected chi connectivity index (χ2v) is 34.9. The molecule has 8 heterocycles.